The Labute approximate surface area is 252 Å². The highest BCUT2D eigenvalue weighted by molar-refractivity contribution is 6.10. The fraction of sp³-hybridized carbons (Fsp3) is 0.371. The van der Waals surface area contributed by atoms with E-state index >= 15 is 0 Å². The molecular weight excluding hydrogens is 544 g/mol. The summed E-state index contributed by atoms with van der Waals surface area (Å²) in [6, 6.07) is 21.1. The third kappa shape index (κ3) is 4.34. The summed E-state index contributed by atoms with van der Waals surface area (Å²) in [4.78, 5) is 31.2. The first-order valence-corrected chi connectivity index (χ1v) is 14.7. The van der Waals surface area contributed by atoms with Crippen molar-refractivity contribution in [3.05, 3.63) is 90.5 Å². The Morgan fingerprint density at radius 1 is 1.09 bits per heavy atom. The number of amides is 2. The SMILES string of the molecule is C=CCN1C(=O)[C@@]2(O[C@@H](CCO)[C@H](C(C)(C)c3ccc(OC)cc3)[C@H]2C)c2cc(N3C(=O)COc4ccccc43)ccc21. The van der Waals surface area contributed by atoms with Crippen molar-refractivity contribution in [2.75, 3.05) is 36.7 Å². The molecular formula is C35H38N2O6. The first-order valence-electron chi connectivity index (χ1n) is 14.7. The summed E-state index contributed by atoms with van der Waals surface area (Å²) in [7, 11) is 1.64. The van der Waals surface area contributed by atoms with Gasteiger partial charge in [0, 0.05) is 36.2 Å². The number of fused-ring (bicyclic) bond motifs is 3. The van der Waals surface area contributed by atoms with E-state index < -0.39 is 17.1 Å². The van der Waals surface area contributed by atoms with Crippen LogP contribution in [0.3, 0.4) is 0 Å². The Bertz CT molecular complexity index is 1570. The van der Waals surface area contributed by atoms with Gasteiger partial charge in [0.2, 0.25) is 0 Å². The van der Waals surface area contributed by atoms with Gasteiger partial charge in [-0.2, -0.15) is 0 Å². The van der Waals surface area contributed by atoms with Crippen LogP contribution in [0.15, 0.2) is 79.4 Å². The quantitative estimate of drug-likeness (QED) is 0.354. The second-order valence-electron chi connectivity index (χ2n) is 12.1. The van der Waals surface area contributed by atoms with E-state index in [4.69, 9.17) is 14.2 Å². The molecule has 0 bridgehead atoms. The van der Waals surface area contributed by atoms with Gasteiger partial charge in [-0.05, 0) is 59.9 Å². The number of benzene rings is 3. The van der Waals surface area contributed by atoms with Gasteiger partial charge >= 0.3 is 0 Å². The first kappa shape index (κ1) is 29.0. The minimum Gasteiger partial charge on any atom is -0.497 e. The van der Waals surface area contributed by atoms with Crippen molar-refractivity contribution in [1.29, 1.82) is 0 Å². The van der Waals surface area contributed by atoms with Crippen molar-refractivity contribution in [2.24, 2.45) is 11.8 Å². The number of methoxy groups -OCH3 is 1. The lowest BCUT2D eigenvalue weighted by atomic mass is 9.63. The Kier molecular flexibility index (Phi) is 7.30. The molecule has 224 valence electrons. The lowest BCUT2D eigenvalue weighted by molar-refractivity contribution is -0.146. The number of rotatable bonds is 8. The van der Waals surface area contributed by atoms with Gasteiger partial charge < -0.3 is 24.2 Å². The molecule has 3 aromatic rings. The predicted molar refractivity (Wildman–Crippen MR) is 165 cm³/mol. The van der Waals surface area contributed by atoms with Crippen LogP contribution in [0.2, 0.25) is 0 Å². The van der Waals surface area contributed by atoms with E-state index in [2.05, 4.69) is 39.5 Å². The van der Waals surface area contributed by atoms with Crippen LogP contribution in [0, 0.1) is 11.8 Å². The monoisotopic (exact) mass is 582 g/mol. The number of ether oxygens (including phenoxy) is 3. The van der Waals surface area contributed by atoms with Crippen molar-refractivity contribution < 1.29 is 28.9 Å². The van der Waals surface area contributed by atoms with Gasteiger partial charge in [-0.15, -0.1) is 6.58 Å². The minimum absolute atomic E-state index is 0.0703. The molecule has 4 atom stereocenters. The summed E-state index contributed by atoms with van der Waals surface area (Å²) in [6.07, 6.45) is 1.70. The van der Waals surface area contributed by atoms with Crippen molar-refractivity contribution >= 4 is 28.9 Å². The molecule has 6 rings (SSSR count). The molecule has 0 aliphatic carbocycles. The lowest BCUT2D eigenvalue weighted by Gasteiger charge is -2.38. The predicted octanol–water partition coefficient (Wildman–Crippen LogP) is 5.49. The van der Waals surface area contributed by atoms with Crippen molar-refractivity contribution in [1.82, 2.24) is 0 Å². The molecule has 0 unspecified atom stereocenters. The van der Waals surface area contributed by atoms with Gasteiger partial charge in [0.1, 0.15) is 11.5 Å². The third-order valence-corrected chi connectivity index (χ3v) is 9.51. The molecule has 0 saturated carbocycles. The van der Waals surface area contributed by atoms with Gasteiger partial charge in [-0.1, -0.05) is 51.1 Å². The fourth-order valence-corrected chi connectivity index (χ4v) is 7.53. The van der Waals surface area contributed by atoms with Gasteiger partial charge in [-0.3, -0.25) is 14.5 Å². The van der Waals surface area contributed by atoms with Crippen LogP contribution in [-0.4, -0.2) is 49.9 Å². The average Bonchev–Trinajstić information content (AvgIpc) is 3.44. The zero-order valence-corrected chi connectivity index (χ0v) is 25.1. The van der Waals surface area contributed by atoms with Crippen molar-refractivity contribution in [3.8, 4) is 11.5 Å². The molecule has 2 amide bonds. The zero-order valence-electron chi connectivity index (χ0n) is 25.1. The highest BCUT2D eigenvalue weighted by Crippen LogP contribution is 2.60. The summed E-state index contributed by atoms with van der Waals surface area (Å²) in [5, 5.41) is 10.1. The summed E-state index contributed by atoms with van der Waals surface area (Å²) in [5.41, 5.74) is 2.11. The van der Waals surface area contributed by atoms with Crippen LogP contribution in [0.4, 0.5) is 17.1 Å². The molecule has 1 spiro atoms. The fourth-order valence-electron chi connectivity index (χ4n) is 7.53. The molecule has 0 radical (unpaired) electrons. The number of hydrogen-bond donors (Lipinski definition) is 1. The zero-order chi connectivity index (χ0) is 30.5. The van der Waals surface area contributed by atoms with Crippen LogP contribution in [0.1, 0.15) is 38.3 Å². The van der Waals surface area contributed by atoms with E-state index in [0.717, 1.165) is 22.6 Å². The molecule has 3 aliphatic heterocycles. The second-order valence-corrected chi connectivity index (χ2v) is 12.1. The van der Waals surface area contributed by atoms with Crippen LogP contribution in [0.25, 0.3) is 0 Å². The lowest BCUT2D eigenvalue weighted by Crippen LogP contribution is -2.46. The molecule has 1 fully saturated rings. The van der Waals surface area contributed by atoms with Gasteiger partial charge in [0.05, 0.1) is 24.6 Å². The summed E-state index contributed by atoms with van der Waals surface area (Å²) >= 11 is 0. The first-order chi connectivity index (χ1) is 20.7. The Morgan fingerprint density at radius 2 is 1.84 bits per heavy atom. The van der Waals surface area contributed by atoms with Crippen LogP contribution in [0.5, 0.6) is 11.5 Å². The van der Waals surface area contributed by atoms with Crippen molar-refractivity contribution in [3.63, 3.8) is 0 Å². The Balaban J connectivity index is 1.50. The number of nitrogens with zero attached hydrogens (tertiary/aromatic N) is 2. The maximum absolute atomic E-state index is 14.6. The molecule has 8 heteroatoms. The van der Waals surface area contributed by atoms with E-state index in [0.29, 0.717) is 30.1 Å². The van der Waals surface area contributed by atoms with Crippen LogP contribution < -0.4 is 19.3 Å². The molecule has 1 N–H and O–H groups in total. The number of carbonyl (C=O) groups is 2. The minimum atomic E-state index is -1.31. The summed E-state index contributed by atoms with van der Waals surface area (Å²) in [6.45, 7) is 10.5. The highest BCUT2D eigenvalue weighted by Gasteiger charge is 2.65. The average molecular weight is 583 g/mol. The molecule has 3 aliphatic rings. The molecule has 3 aromatic carbocycles. The number of aliphatic hydroxyl groups is 1. The molecule has 3 heterocycles. The second kappa shape index (κ2) is 10.8. The molecule has 0 aromatic heterocycles. The van der Waals surface area contributed by atoms with Gasteiger partial charge in [-0.25, -0.2) is 0 Å². The standard InChI is InChI=1S/C35H38N2O6/c1-6-18-36-27-16-13-24(37-28-9-7-8-10-29(28)42-21-31(37)39)20-26(27)35(33(36)40)22(2)32(30(43-35)17-19-38)34(3,4)23-11-14-25(41-5)15-12-23/h6-16,20,22,30,32,38H,1,17-19,21H2,2-5H3/t22-,30+,32-,35+/m1/s1. The number of para-hydroxylation sites is 2. The van der Waals surface area contributed by atoms with Gasteiger partial charge in [0.25, 0.3) is 11.8 Å². The third-order valence-electron chi connectivity index (χ3n) is 9.51. The Morgan fingerprint density at radius 3 is 2.53 bits per heavy atom. The highest BCUT2D eigenvalue weighted by atomic mass is 16.5. The van der Waals surface area contributed by atoms with Crippen LogP contribution in [-0.2, 0) is 25.3 Å². The summed E-state index contributed by atoms with van der Waals surface area (Å²) in [5.74, 6) is 0.642. The van der Waals surface area contributed by atoms with E-state index in [-0.39, 0.29) is 36.9 Å². The number of anilines is 3. The van der Waals surface area contributed by atoms with E-state index in [1.807, 2.05) is 54.6 Å². The smallest absolute Gasteiger partial charge is 0.269 e. The van der Waals surface area contributed by atoms with Crippen molar-refractivity contribution in [2.45, 2.75) is 44.3 Å². The van der Waals surface area contributed by atoms with E-state index in [1.165, 1.54) is 0 Å². The van der Waals surface area contributed by atoms with E-state index in [1.54, 1.807) is 23.0 Å². The normalized spacial score (nSPS) is 24.6. The topological polar surface area (TPSA) is 88.5 Å². The maximum Gasteiger partial charge on any atom is 0.269 e. The number of hydrogen-bond acceptors (Lipinski definition) is 6. The Hall–Kier alpha value is -4.14. The largest absolute Gasteiger partial charge is 0.497 e. The molecule has 43 heavy (non-hydrogen) atoms. The van der Waals surface area contributed by atoms with E-state index in [9.17, 15) is 14.7 Å². The van der Waals surface area contributed by atoms with Crippen LogP contribution >= 0.6 is 0 Å². The van der Waals surface area contributed by atoms with Gasteiger partial charge in [0.15, 0.2) is 12.2 Å². The molecule has 8 nitrogen and oxygen atoms in total. The summed E-state index contributed by atoms with van der Waals surface area (Å²) < 4.78 is 18.0. The number of aliphatic hydroxyl groups excluding tert-OH is 1. The maximum atomic E-state index is 14.6. The number of carbonyl (C=O) groups excluding carboxylic acids is 2. The molecule has 1 saturated heterocycles.